The summed E-state index contributed by atoms with van der Waals surface area (Å²) in [7, 11) is 1.64. The average molecular weight is 238 g/mol. The molecule has 0 heterocycles. The maximum atomic E-state index is 5.85. The lowest BCUT2D eigenvalue weighted by molar-refractivity contribution is 0.118. The van der Waals surface area contributed by atoms with Crippen molar-refractivity contribution >= 4 is 11.4 Å². The smallest absolute Gasteiger partial charge is 0.121 e. The van der Waals surface area contributed by atoms with Crippen molar-refractivity contribution in [3.8, 4) is 5.75 Å². The number of hydrogen-bond donors (Lipinski definition) is 2. The standard InChI is InChI=1S/C13H22N2O2/c1-10(2)9-17-7-6-15-13-8-11(16-3)4-5-12(13)14/h4-5,8,10,15H,6-7,9,14H2,1-3H3. The van der Waals surface area contributed by atoms with Crippen LogP contribution >= 0.6 is 0 Å². The van der Waals surface area contributed by atoms with E-state index in [1.54, 1.807) is 7.11 Å². The summed E-state index contributed by atoms with van der Waals surface area (Å²) in [4.78, 5) is 0. The quantitative estimate of drug-likeness (QED) is 0.565. The molecule has 1 aromatic carbocycles. The molecule has 1 aromatic rings. The number of hydrogen-bond acceptors (Lipinski definition) is 4. The topological polar surface area (TPSA) is 56.5 Å². The minimum Gasteiger partial charge on any atom is -0.497 e. The van der Waals surface area contributed by atoms with Gasteiger partial charge in [-0.2, -0.15) is 0 Å². The van der Waals surface area contributed by atoms with E-state index < -0.39 is 0 Å². The molecule has 0 radical (unpaired) electrons. The van der Waals surface area contributed by atoms with Gasteiger partial charge in [0.05, 0.1) is 25.1 Å². The first-order valence-electron chi connectivity index (χ1n) is 5.88. The predicted octanol–water partition coefficient (Wildman–Crippen LogP) is 2.36. The summed E-state index contributed by atoms with van der Waals surface area (Å²) in [6.45, 7) is 6.47. The van der Waals surface area contributed by atoms with Crippen LogP contribution in [0.2, 0.25) is 0 Å². The molecule has 4 nitrogen and oxygen atoms in total. The number of nitrogens with one attached hydrogen (secondary N) is 1. The molecule has 17 heavy (non-hydrogen) atoms. The number of rotatable bonds is 7. The van der Waals surface area contributed by atoms with Crippen molar-refractivity contribution < 1.29 is 9.47 Å². The number of methoxy groups -OCH3 is 1. The minimum absolute atomic E-state index is 0.567. The molecule has 0 atom stereocenters. The van der Waals surface area contributed by atoms with E-state index in [1.165, 1.54) is 0 Å². The zero-order valence-corrected chi connectivity index (χ0v) is 10.8. The number of benzene rings is 1. The monoisotopic (exact) mass is 238 g/mol. The Kier molecular flexibility index (Phi) is 5.63. The maximum absolute atomic E-state index is 5.85. The van der Waals surface area contributed by atoms with Gasteiger partial charge in [0.1, 0.15) is 5.75 Å². The van der Waals surface area contributed by atoms with Gasteiger partial charge in [-0.05, 0) is 18.1 Å². The van der Waals surface area contributed by atoms with Gasteiger partial charge in [-0.15, -0.1) is 0 Å². The summed E-state index contributed by atoms with van der Waals surface area (Å²) < 4.78 is 10.6. The summed E-state index contributed by atoms with van der Waals surface area (Å²) in [5, 5.41) is 3.23. The second-order valence-corrected chi connectivity index (χ2v) is 4.35. The lowest BCUT2D eigenvalue weighted by Gasteiger charge is -2.11. The van der Waals surface area contributed by atoms with Crippen LogP contribution in [0.3, 0.4) is 0 Å². The van der Waals surface area contributed by atoms with Crippen LogP contribution in [0.25, 0.3) is 0 Å². The van der Waals surface area contributed by atoms with E-state index in [0.717, 1.165) is 30.3 Å². The fourth-order valence-corrected chi connectivity index (χ4v) is 1.39. The Hall–Kier alpha value is -1.42. The van der Waals surface area contributed by atoms with Gasteiger partial charge in [-0.1, -0.05) is 13.8 Å². The zero-order chi connectivity index (χ0) is 12.7. The van der Waals surface area contributed by atoms with E-state index in [-0.39, 0.29) is 0 Å². The van der Waals surface area contributed by atoms with Crippen LogP contribution in [0.4, 0.5) is 11.4 Å². The molecular formula is C13H22N2O2. The Labute approximate surface area is 103 Å². The van der Waals surface area contributed by atoms with Crippen molar-refractivity contribution in [2.45, 2.75) is 13.8 Å². The second kappa shape index (κ2) is 7.01. The van der Waals surface area contributed by atoms with Crippen LogP contribution in [0.1, 0.15) is 13.8 Å². The predicted molar refractivity (Wildman–Crippen MR) is 71.6 cm³/mol. The molecule has 0 bridgehead atoms. The van der Waals surface area contributed by atoms with Gasteiger partial charge in [-0.3, -0.25) is 0 Å². The Morgan fingerprint density at radius 3 is 2.76 bits per heavy atom. The van der Waals surface area contributed by atoms with Gasteiger partial charge in [0, 0.05) is 19.2 Å². The highest BCUT2D eigenvalue weighted by Crippen LogP contribution is 2.23. The Balaban J connectivity index is 2.35. The van der Waals surface area contributed by atoms with Gasteiger partial charge in [0.15, 0.2) is 0 Å². The molecule has 4 heteroatoms. The number of anilines is 2. The molecule has 0 saturated carbocycles. The number of nitrogen functional groups attached to an aromatic ring is 1. The first kappa shape index (κ1) is 13.6. The van der Waals surface area contributed by atoms with Crippen molar-refractivity contribution in [1.29, 1.82) is 0 Å². The molecule has 96 valence electrons. The lowest BCUT2D eigenvalue weighted by atomic mass is 10.2. The molecule has 0 aliphatic heterocycles. The third-order valence-electron chi connectivity index (χ3n) is 2.27. The molecule has 0 aliphatic rings. The molecule has 3 N–H and O–H groups in total. The maximum Gasteiger partial charge on any atom is 0.121 e. The molecule has 1 rings (SSSR count). The summed E-state index contributed by atoms with van der Waals surface area (Å²) in [6.07, 6.45) is 0. The van der Waals surface area contributed by atoms with Crippen LogP contribution in [0.5, 0.6) is 5.75 Å². The largest absolute Gasteiger partial charge is 0.497 e. The van der Waals surface area contributed by atoms with Crippen molar-refractivity contribution in [3.63, 3.8) is 0 Å². The van der Waals surface area contributed by atoms with Gasteiger partial charge in [0.2, 0.25) is 0 Å². The number of ether oxygens (including phenoxy) is 2. The Bertz CT molecular complexity index is 340. The number of nitrogens with two attached hydrogens (primary N) is 1. The lowest BCUT2D eigenvalue weighted by Crippen LogP contribution is -2.13. The minimum atomic E-state index is 0.567. The molecule has 0 aliphatic carbocycles. The van der Waals surface area contributed by atoms with Crippen LogP contribution in [-0.4, -0.2) is 26.9 Å². The Morgan fingerprint density at radius 2 is 2.12 bits per heavy atom. The molecule has 0 unspecified atom stereocenters. The SMILES string of the molecule is COc1ccc(N)c(NCCOCC(C)C)c1. The van der Waals surface area contributed by atoms with E-state index in [2.05, 4.69) is 19.2 Å². The zero-order valence-electron chi connectivity index (χ0n) is 10.8. The summed E-state index contributed by atoms with van der Waals surface area (Å²) in [5.41, 5.74) is 7.45. The highest BCUT2D eigenvalue weighted by Gasteiger charge is 2.01. The average Bonchev–Trinajstić information content (AvgIpc) is 2.30. The molecule has 0 aromatic heterocycles. The van der Waals surface area contributed by atoms with E-state index >= 15 is 0 Å². The third-order valence-corrected chi connectivity index (χ3v) is 2.27. The molecule has 0 saturated heterocycles. The van der Waals surface area contributed by atoms with Crippen LogP contribution in [-0.2, 0) is 4.74 Å². The first-order valence-corrected chi connectivity index (χ1v) is 5.88. The van der Waals surface area contributed by atoms with E-state index in [1.807, 2.05) is 18.2 Å². The molecular weight excluding hydrogens is 216 g/mol. The van der Waals surface area contributed by atoms with E-state index in [9.17, 15) is 0 Å². The van der Waals surface area contributed by atoms with Crippen LogP contribution in [0.15, 0.2) is 18.2 Å². The second-order valence-electron chi connectivity index (χ2n) is 4.35. The first-order chi connectivity index (χ1) is 8.13. The highest BCUT2D eigenvalue weighted by atomic mass is 16.5. The van der Waals surface area contributed by atoms with Crippen molar-refractivity contribution in [2.24, 2.45) is 5.92 Å². The summed E-state index contributed by atoms with van der Waals surface area (Å²) in [5.74, 6) is 1.36. The van der Waals surface area contributed by atoms with Crippen LogP contribution in [0, 0.1) is 5.92 Å². The van der Waals surface area contributed by atoms with E-state index in [0.29, 0.717) is 12.5 Å². The fourth-order valence-electron chi connectivity index (χ4n) is 1.39. The van der Waals surface area contributed by atoms with Crippen molar-refractivity contribution in [1.82, 2.24) is 0 Å². The Morgan fingerprint density at radius 1 is 1.35 bits per heavy atom. The van der Waals surface area contributed by atoms with Gasteiger partial charge in [0.25, 0.3) is 0 Å². The fraction of sp³-hybridized carbons (Fsp3) is 0.538. The van der Waals surface area contributed by atoms with E-state index in [4.69, 9.17) is 15.2 Å². The normalized spacial score (nSPS) is 10.6. The van der Waals surface area contributed by atoms with Gasteiger partial charge < -0.3 is 20.5 Å². The molecule has 0 amide bonds. The highest BCUT2D eigenvalue weighted by molar-refractivity contribution is 5.68. The van der Waals surface area contributed by atoms with Crippen LogP contribution < -0.4 is 15.8 Å². The third kappa shape index (κ3) is 4.95. The summed E-state index contributed by atoms with van der Waals surface area (Å²) in [6, 6.07) is 5.56. The van der Waals surface area contributed by atoms with Gasteiger partial charge in [-0.25, -0.2) is 0 Å². The van der Waals surface area contributed by atoms with Gasteiger partial charge >= 0.3 is 0 Å². The molecule has 0 fully saturated rings. The molecule has 0 spiro atoms. The van der Waals surface area contributed by atoms with Crippen molar-refractivity contribution in [2.75, 3.05) is 37.9 Å². The van der Waals surface area contributed by atoms with Crippen molar-refractivity contribution in [3.05, 3.63) is 18.2 Å². The summed E-state index contributed by atoms with van der Waals surface area (Å²) >= 11 is 0.